The molecule has 15 rings (SSSR count). The molecule has 2 heteroatoms. The molecule has 2 saturated carbocycles. The number of anilines is 3. The van der Waals surface area contributed by atoms with Gasteiger partial charge in [-0.2, -0.15) is 0 Å². The first-order valence-corrected chi connectivity index (χ1v) is 26.2. The van der Waals surface area contributed by atoms with Gasteiger partial charge in [-0.05, 0) is 182 Å². The van der Waals surface area contributed by atoms with Crippen LogP contribution >= 0.6 is 0 Å². The summed E-state index contributed by atoms with van der Waals surface area (Å²) < 4.78 is 6.39. The maximum Gasteiger partial charge on any atom is 0.136 e. The van der Waals surface area contributed by atoms with Gasteiger partial charge >= 0.3 is 0 Å². The molecule has 344 valence electrons. The van der Waals surface area contributed by atoms with Crippen LogP contribution < -0.4 is 4.90 Å². The van der Waals surface area contributed by atoms with Gasteiger partial charge in [0.1, 0.15) is 11.2 Å². The summed E-state index contributed by atoms with van der Waals surface area (Å²) in [4.78, 5) is 2.56. The summed E-state index contributed by atoms with van der Waals surface area (Å²) in [5, 5.41) is 2.30. The Kier molecular flexibility index (Phi) is 8.63. The molecule has 9 aromatic carbocycles. The van der Waals surface area contributed by atoms with Crippen LogP contribution in [0.3, 0.4) is 0 Å². The van der Waals surface area contributed by atoms with Crippen LogP contribution in [-0.2, 0) is 16.2 Å². The Bertz CT molecular complexity index is 3750. The first kappa shape index (κ1) is 41.4. The van der Waals surface area contributed by atoms with E-state index in [1.807, 2.05) is 6.07 Å². The van der Waals surface area contributed by atoms with Crippen LogP contribution in [0, 0.1) is 23.7 Å². The van der Waals surface area contributed by atoms with Crippen molar-refractivity contribution in [2.45, 2.75) is 69.6 Å². The van der Waals surface area contributed by atoms with E-state index in [-0.39, 0.29) is 10.8 Å². The monoisotopic (exact) mass is 915 g/mol. The lowest BCUT2D eigenvalue weighted by Crippen LogP contribution is -2.56. The molecule has 0 radical (unpaired) electrons. The van der Waals surface area contributed by atoms with Crippen LogP contribution in [0.4, 0.5) is 17.1 Å². The summed E-state index contributed by atoms with van der Waals surface area (Å²) in [7, 11) is 0. The third-order valence-electron chi connectivity index (χ3n) is 18.5. The van der Waals surface area contributed by atoms with Crippen molar-refractivity contribution in [3.8, 4) is 33.4 Å². The molecule has 2 fully saturated rings. The van der Waals surface area contributed by atoms with E-state index >= 15 is 0 Å². The van der Waals surface area contributed by atoms with Crippen LogP contribution in [0.5, 0.6) is 0 Å². The molecule has 0 N–H and O–H groups in total. The highest BCUT2D eigenvalue weighted by Gasteiger charge is 2.62. The Morgan fingerprint density at radius 3 is 1.54 bits per heavy atom. The standard InChI is InChI=1S/C69H57NO/c1-42-35-46-37-43(2)38-47(36-42)68(46)60-22-12-13-23-61(60)69(58-20-10-6-16-52(58)53-17-7-11-21-59(53)69)64-41-50(31-34-62(64)68)70(49-30-33-54-51-15-5-9-19-57(51)67(3,4)63(54)40-49)48-28-25-44(26-29-48)45-27-32-56-55-18-8-14-24-65(55)71-66(56)39-45/h5-34,39-43,46-47H,35-38H2,1-4H3/t42-,43+,46+,47-,68?. The van der Waals surface area contributed by atoms with Gasteiger partial charge < -0.3 is 9.32 Å². The fourth-order valence-electron chi connectivity index (χ4n) is 15.9. The van der Waals surface area contributed by atoms with E-state index in [1.165, 1.54) is 92.7 Å². The molecule has 5 aliphatic rings. The van der Waals surface area contributed by atoms with Crippen molar-refractivity contribution in [3.05, 3.63) is 245 Å². The normalized spacial score (nSPS) is 22.4. The van der Waals surface area contributed by atoms with Crippen LogP contribution in [0.15, 0.2) is 205 Å². The molecule has 1 heterocycles. The predicted octanol–water partition coefficient (Wildman–Crippen LogP) is 18.1. The highest BCUT2D eigenvalue weighted by molar-refractivity contribution is 6.06. The molecule has 0 amide bonds. The number of nitrogens with zero attached hydrogens (tertiary/aromatic N) is 1. The first-order chi connectivity index (χ1) is 34.7. The summed E-state index contributed by atoms with van der Waals surface area (Å²) >= 11 is 0. The zero-order chi connectivity index (χ0) is 47.4. The van der Waals surface area contributed by atoms with E-state index in [9.17, 15) is 0 Å². The number of benzene rings is 9. The minimum Gasteiger partial charge on any atom is -0.456 e. The van der Waals surface area contributed by atoms with E-state index in [1.54, 1.807) is 11.1 Å². The van der Waals surface area contributed by atoms with Gasteiger partial charge in [-0.25, -0.2) is 0 Å². The lowest BCUT2D eigenvalue weighted by atomic mass is 9.41. The quantitative estimate of drug-likeness (QED) is 0.175. The minimum atomic E-state index is -0.490. The Morgan fingerprint density at radius 1 is 0.380 bits per heavy atom. The second-order valence-electron chi connectivity index (χ2n) is 22.6. The van der Waals surface area contributed by atoms with Gasteiger partial charge in [0.25, 0.3) is 0 Å². The van der Waals surface area contributed by atoms with E-state index in [0.29, 0.717) is 11.8 Å². The SMILES string of the molecule is CC1(C)c2ccccc2-c2ccc(N(c3ccc(-c4ccc5c(c4)oc4ccccc45)cc3)c3ccc4c(c3)C3(c5ccccc5-c5ccccc53)c3ccccc3C43[C@H]4C[C@@H](C)C[C@@H]3C[C@@H](C)C4)cc21. The molecular weight excluding hydrogens is 859 g/mol. The Labute approximate surface area is 417 Å². The lowest BCUT2D eigenvalue weighted by molar-refractivity contribution is 0.0238. The Morgan fingerprint density at radius 2 is 0.859 bits per heavy atom. The largest absolute Gasteiger partial charge is 0.456 e. The van der Waals surface area contributed by atoms with Crippen molar-refractivity contribution in [2.24, 2.45) is 23.7 Å². The van der Waals surface area contributed by atoms with Crippen LogP contribution in [0.2, 0.25) is 0 Å². The summed E-state index contributed by atoms with van der Waals surface area (Å²) in [5.74, 6) is 2.57. The second kappa shape index (κ2) is 14.8. The number of para-hydroxylation sites is 1. The smallest absolute Gasteiger partial charge is 0.136 e. The number of hydrogen-bond acceptors (Lipinski definition) is 2. The molecule has 0 aliphatic heterocycles. The average molecular weight is 916 g/mol. The fraction of sp³-hybridized carbons (Fsp3) is 0.217. The number of rotatable bonds is 4. The summed E-state index contributed by atoms with van der Waals surface area (Å²) in [5.41, 5.74) is 24.0. The minimum absolute atomic E-state index is 0.0714. The summed E-state index contributed by atoms with van der Waals surface area (Å²) in [6, 6.07) is 76.9. The van der Waals surface area contributed by atoms with E-state index < -0.39 is 5.41 Å². The molecule has 0 unspecified atom stereocenters. The number of furan rings is 1. The van der Waals surface area contributed by atoms with Gasteiger partial charge in [0.15, 0.2) is 0 Å². The molecule has 71 heavy (non-hydrogen) atoms. The molecule has 0 atom stereocenters. The highest BCUT2D eigenvalue weighted by atomic mass is 16.3. The molecular formula is C69H57NO. The van der Waals surface area contributed by atoms with Gasteiger partial charge in [-0.1, -0.05) is 173 Å². The molecule has 1 aromatic heterocycles. The zero-order valence-electron chi connectivity index (χ0n) is 41.0. The maximum absolute atomic E-state index is 6.39. The van der Waals surface area contributed by atoms with Crippen LogP contribution in [0.1, 0.15) is 97.9 Å². The topological polar surface area (TPSA) is 16.4 Å². The highest BCUT2D eigenvalue weighted by Crippen LogP contribution is 2.69. The average Bonchev–Trinajstić information content (AvgIpc) is 3.99. The van der Waals surface area contributed by atoms with Crippen molar-refractivity contribution in [1.82, 2.24) is 0 Å². The van der Waals surface area contributed by atoms with Crippen LogP contribution in [0.25, 0.3) is 55.3 Å². The molecule has 2 bridgehead atoms. The van der Waals surface area contributed by atoms with E-state index in [0.717, 1.165) is 50.6 Å². The number of fused-ring (bicyclic) bond motifs is 15. The van der Waals surface area contributed by atoms with E-state index in [4.69, 9.17) is 4.42 Å². The summed E-state index contributed by atoms with van der Waals surface area (Å²) in [6.07, 6.45) is 5.08. The van der Waals surface area contributed by atoms with Gasteiger partial charge in [-0.3, -0.25) is 0 Å². The van der Waals surface area contributed by atoms with Gasteiger partial charge in [-0.15, -0.1) is 0 Å². The van der Waals surface area contributed by atoms with Crippen molar-refractivity contribution in [2.75, 3.05) is 4.90 Å². The molecule has 2 spiro atoms. The van der Waals surface area contributed by atoms with Gasteiger partial charge in [0, 0.05) is 38.7 Å². The molecule has 5 aliphatic carbocycles. The zero-order valence-corrected chi connectivity index (χ0v) is 41.0. The molecule has 10 aromatic rings. The Hall–Kier alpha value is -7.42. The van der Waals surface area contributed by atoms with Gasteiger partial charge in [0.05, 0.1) is 5.41 Å². The lowest BCUT2D eigenvalue weighted by Gasteiger charge is -2.61. The number of hydrogen-bond donors (Lipinski definition) is 0. The van der Waals surface area contributed by atoms with Crippen molar-refractivity contribution < 1.29 is 4.42 Å². The third-order valence-corrected chi connectivity index (χ3v) is 18.5. The molecule has 2 nitrogen and oxygen atoms in total. The predicted molar refractivity (Wildman–Crippen MR) is 293 cm³/mol. The van der Waals surface area contributed by atoms with Crippen molar-refractivity contribution in [1.29, 1.82) is 0 Å². The fourth-order valence-corrected chi connectivity index (χ4v) is 15.9. The third kappa shape index (κ3) is 5.49. The first-order valence-electron chi connectivity index (χ1n) is 26.2. The van der Waals surface area contributed by atoms with Crippen molar-refractivity contribution in [3.63, 3.8) is 0 Å². The van der Waals surface area contributed by atoms with Gasteiger partial charge in [0.2, 0.25) is 0 Å². The van der Waals surface area contributed by atoms with Crippen LogP contribution in [-0.4, -0.2) is 0 Å². The van der Waals surface area contributed by atoms with Crippen molar-refractivity contribution >= 4 is 39.0 Å². The maximum atomic E-state index is 6.39. The Balaban J connectivity index is 0.981. The second-order valence-corrected chi connectivity index (χ2v) is 22.6. The molecule has 0 saturated heterocycles. The summed E-state index contributed by atoms with van der Waals surface area (Å²) in [6.45, 7) is 9.86. The van der Waals surface area contributed by atoms with E-state index in [2.05, 4.69) is 227 Å².